The maximum Gasteiger partial charge on any atom is 0.0472 e. The van der Waals surface area contributed by atoms with Crippen LogP contribution < -0.4 is 11.5 Å². The van der Waals surface area contributed by atoms with Crippen molar-refractivity contribution in [3.63, 3.8) is 0 Å². The fourth-order valence-electron chi connectivity index (χ4n) is 2.00. The van der Waals surface area contributed by atoms with E-state index in [0.29, 0.717) is 17.8 Å². The standard InChI is InChI=1S/C14H15BrN2O/c15-10-3-1-9(2-4-10)13-7-11(16)8-14(17)12(13)5-6-18/h1-4,7-8,18H,5-6,16-17H2. The van der Waals surface area contributed by atoms with Crippen LogP contribution in [0.3, 0.4) is 0 Å². The van der Waals surface area contributed by atoms with Gasteiger partial charge < -0.3 is 16.6 Å². The number of nitrogens with two attached hydrogens (primary N) is 2. The third kappa shape index (κ3) is 2.66. The van der Waals surface area contributed by atoms with Gasteiger partial charge in [0.25, 0.3) is 0 Å². The van der Waals surface area contributed by atoms with E-state index in [0.717, 1.165) is 21.2 Å². The van der Waals surface area contributed by atoms with Crippen molar-refractivity contribution in [1.82, 2.24) is 0 Å². The monoisotopic (exact) mass is 306 g/mol. The number of hydrogen-bond acceptors (Lipinski definition) is 3. The Morgan fingerprint density at radius 3 is 2.33 bits per heavy atom. The van der Waals surface area contributed by atoms with E-state index in [1.165, 1.54) is 0 Å². The maximum absolute atomic E-state index is 9.13. The lowest BCUT2D eigenvalue weighted by Gasteiger charge is -2.13. The van der Waals surface area contributed by atoms with Gasteiger partial charge in [-0.3, -0.25) is 0 Å². The molecular weight excluding hydrogens is 292 g/mol. The van der Waals surface area contributed by atoms with Gasteiger partial charge in [0.2, 0.25) is 0 Å². The molecule has 4 heteroatoms. The highest BCUT2D eigenvalue weighted by atomic mass is 79.9. The van der Waals surface area contributed by atoms with Gasteiger partial charge in [0, 0.05) is 22.5 Å². The highest BCUT2D eigenvalue weighted by Crippen LogP contribution is 2.31. The average molecular weight is 307 g/mol. The van der Waals surface area contributed by atoms with Gasteiger partial charge in [0.15, 0.2) is 0 Å². The molecule has 18 heavy (non-hydrogen) atoms. The molecule has 3 nitrogen and oxygen atoms in total. The minimum absolute atomic E-state index is 0.0671. The third-order valence-corrected chi connectivity index (χ3v) is 3.35. The molecule has 0 aromatic heterocycles. The van der Waals surface area contributed by atoms with Crippen molar-refractivity contribution in [2.45, 2.75) is 6.42 Å². The molecule has 0 unspecified atom stereocenters. The highest BCUT2D eigenvalue weighted by molar-refractivity contribution is 9.10. The van der Waals surface area contributed by atoms with E-state index in [9.17, 15) is 0 Å². The molecule has 0 heterocycles. The van der Waals surface area contributed by atoms with Crippen molar-refractivity contribution in [2.24, 2.45) is 0 Å². The molecule has 0 aliphatic heterocycles. The SMILES string of the molecule is Nc1cc(N)c(CCO)c(-c2ccc(Br)cc2)c1. The summed E-state index contributed by atoms with van der Waals surface area (Å²) in [6.45, 7) is 0.0671. The van der Waals surface area contributed by atoms with Gasteiger partial charge in [-0.25, -0.2) is 0 Å². The molecule has 5 N–H and O–H groups in total. The van der Waals surface area contributed by atoms with Gasteiger partial charge in [0.1, 0.15) is 0 Å². The molecule has 0 fully saturated rings. The van der Waals surface area contributed by atoms with E-state index in [2.05, 4.69) is 15.9 Å². The first kappa shape index (κ1) is 12.9. The molecule has 0 saturated heterocycles. The normalized spacial score (nSPS) is 10.6. The Morgan fingerprint density at radius 2 is 1.72 bits per heavy atom. The predicted molar refractivity (Wildman–Crippen MR) is 79.2 cm³/mol. The smallest absolute Gasteiger partial charge is 0.0472 e. The van der Waals surface area contributed by atoms with Crippen molar-refractivity contribution >= 4 is 27.3 Å². The summed E-state index contributed by atoms with van der Waals surface area (Å²) in [7, 11) is 0. The van der Waals surface area contributed by atoms with E-state index in [1.807, 2.05) is 30.3 Å². The van der Waals surface area contributed by atoms with Gasteiger partial charge in [-0.05, 0) is 47.4 Å². The van der Waals surface area contributed by atoms with E-state index < -0.39 is 0 Å². The molecule has 0 radical (unpaired) electrons. The van der Waals surface area contributed by atoms with E-state index in [1.54, 1.807) is 6.07 Å². The number of rotatable bonds is 3. The number of anilines is 2. The van der Waals surface area contributed by atoms with Crippen LogP contribution in [0.15, 0.2) is 40.9 Å². The van der Waals surface area contributed by atoms with Crippen LogP contribution in [0.2, 0.25) is 0 Å². The summed E-state index contributed by atoms with van der Waals surface area (Å²) in [5.74, 6) is 0. The number of aliphatic hydroxyl groups is 1. The van der Waals surface area contributed by atoms with Crippen LogP contribution in [0.25, 0.3) is 11.1 Å². The second kappa shape index (κ2) is 5.42. The Balaban J connectivity index is 2.57. The molecule has 0 spiro atoms. The van der Waals surface area contributed by atoms with Crippen LogP contribution in [0, 0.1) is 0 Å². The molecule has 0 atom stereocenters. The predicted octanol–water partition coefficient (Wildman–Crippen LogP) is 2.82. The minimum Gasteiger partial charge on any atom is -0.399 e. The number of hydrogen-bond donors (Lipinski definition) is 3. The second-order valence-electron chi connectivity index (χ2n) is 4.12. The quantitative estimate of drug-likeness (QED) is 0.764. The molecule has 94 valence electrons. The molecule has 0 saturated carbocycles. The Hall–Kier alpha value is -1.52. The summed E-state index contributed by atoms with van der Waals surface area (Å²) in [4.78, 5) is 0. The van der Waals surface area contributed by atoms with Crippen molar-refractivity contribution in [2.75, 3.05) is 18.1 Å². The third-order valence-electron chi connectivity index (χ3n) is 2.82. The van der Waals surface area contributed by atoms with Gasteiger partial charge in [-0.2, -0.15) is 0 Å². The van der Waals surface area contributed by atoms with E-state index >= 15 is 0 Å². The number of nitrogen functional groups attached to an aromatic ring is 2. The molecule has 2 aromatic rings. The Bertz CT molecular complexity index is 552. The Morgan fingerprint density at radius 1 is 1.06 bits per heavy atom. The summed E-state index contributed by atoms with van der Waals surface area (Å²) in [6.07, 6.45) is 0.525. The van der Waals surface area contributed by atoms with Crippen molar-refractivity contribution < 1.29 is 5.11 Å². The first-order valence-electron chi connectivity index (χ1n) is 5.66. The molecule has 0 amide bonds. The van der Waals surface area contributed by atoms with Crippen molar-refractivity contribution in [1.29, 1.82) is 0 Å². The second-order valence-corrected chi connectivity index (χ2v) is 5.03. The van der Waals surface area contributed by atoms with Crippen LogP contribution in [0.5, 0.6) is 0 Å². The molecule has 0 aliphatic carbocycles. The zero-order chi connectivity index (χ0) is 13.1. The molecule has 0 bridgehead atoms. The lowest BCUT2D eigenvalue weighted by molar-refractivity contribution is 0.300. The summed E-state index contributed by atoms with van der Waals surface area (Å²) >= 11 is 3.41. The zero-order valence-electron chi connectivity index (χ0n) is 9.86. The lowest BCUT2D eigenvalue weighted by atomic mass is 9.95. The summed E-state index contributed by atoms with van der Waals surface area (Å²) in [5.41, 5.74) is 16.0. The molecule has 2 aromatic carbocycles. The van der Waals surface area contributed by atoms with Gasteiger partial charge in [-0.1, -0.05) is 28.1 Å². The van der Waals surface area contributed by atoms with Crippen LogP contribution in [0.4, 0.5) is 11.4 Å². The Kier molecular flexibility index (Phi) is 3.89. The van der Waals surface area contributed by atoms with Gasteiger partial charge in [-0.15, -0.1) is 0 Å². The topological polar surface area (TPSA) is 72.3 Å². The van der Waals surface area contributed by atoms with Gasteiger partial charge in [0.05, 0.1) is 0 Å². The highest BCUT2D eigenvalue weighted by Gasteiger charge is 2.09. The fourth-order valence-corrected chi connectivity index (χ4v) is 2.26. The van der Waals surface area contributed by atoms with E-state index in [4.69, 9.17) is 16.6 Å². The largest absolute Gasteiger partial charge is 0.399 e. The van der Waals surface area contributed by atoms with Crippen molar-refractivity contribution in [3.05, 3.63) is 46.4 Å². The summed E-state index contributed by atoms with van der Waals surface area (Å²) in [5, 5.41) is 9.13. The minimum atomic E-state index is 0.0671. The lowest BCUT2D eigenvalue weighted by Crippen LogP contribution is -2.02. The van der Waals surface area contributed by atoms with E-state index in [-0.39, 0.29) is 6.61 Å². The van der Waals surface area contributed by atoms with Crippen molar-refractivity contribution in [3.8, 4) is 11.1 Å². The Labute approximate surface area is 115 Å². The first-order valence-corrected chi connectivity index (χ1v) is 6.46. The summed E-state index contributed by atoms with van der Waals surface area (Å²) in [6, 6.07) is 11.6. The maximum atomic E-state index is 9.13. The van der Waals surface area contributed by atoms with Crippen LogP contribution in [-0.2, 0) is 6.42 Å². The molecule has 0 aliphatic rings. The average Bonchev–Trinajstić information content (AvgIpc) is 2.33. The summed E-state index contributed by atoms with van der Waals surface area (Å²) < 4.78 is 1.02. The number of aliphatic hydroxyl groups excluding tert-OH is 1. The molecule has 2 rings (SSSR count). The number of benzene rings is 2. The fraction of sp³-hybridized carbons (Fsp3) is 0.143. The number of halogens is 1. The van der Waals surface area contributed by atoms with Gasteiger partial charge >= 0.3 is 0 Å². The van der Waals surface area contributed by atoms with Crippen LogP contribution in [-0.4, -0.2) is 11.7 Å². The van der Waals surface area contributed by atoms with Crippen LogP contribution in [0.1, 0.15) is 5.56 Å². The zero-order valence-corrected chi connectivity index (χ0v) is 11.4. The first-order chi connectivity index (χ1) is 8.61. The molecular formula is C14H15BrN2O. The van der Waals surface area contributed by atoms with Crippen LogP contribution >= 0.6 is 15.9 Å².